The Kier molecular flexibility index (Phi) is 4.90. The van der Waals surface area contributed by atoms with E-state index in [0.717, 1.165) is 25.7 Å². The molecule has 0 unspecified atom stereocenters. The molecule has 104 valence electrons. The summed E-state index contributed by atoms with van der Waals surface area (Å²) in [7, 11) is 0. The van der Waals surface area contributed by atoms with Gasteiger partial charge in [-0.3, -0.25) is 10.1 Å². The van der Waals surface area contributed by atoms with Crippen LogP contribution in [0, 0.1) is 10.1 Å². The molecule has 1 fully saturated rings. The standard InChI is InChI=1S/C13H16BrNO4/c14-10-2-1-9(13(7-10)15(17)18)8-19-12-5-3-11(16)4-6-12/h1-2,7,11-12,16H,3-6,8H2. The number of ether oxygens (including phenoxy) is 1. The Labute approximate surface area is 119 Å². The number of benzene rings is 1. The molecule has 0 heterocycles. The Bertz CT molecular complexity index is 458. The van der Waals surface area contributed by atoms with Crippen molar-refractivity contribution in [3.8, 4) is 0 Å². The SMILES string of the molecule is O=[N+]([O-])c1cc(Br)ccc1COC1CCC(O)CC1. The van der Waals surface area contributed by atoms with Crippen LogP contribution in [-0.4, -0.2) is 22.2 Å². The zero-order chi connectivity index (χ0) is 13.8. The zero-order valence-corrected chi connectivity index (χ0v) is 12.0. The quantitative estimate of drug-likeness (QED) is 0.680. The van der Waals surface area contributed by atoms with Gasteiger partial charge in [0.1, 0.15) is 0 Å². The van der Waals surface area contributed by atoms with Gasteiger partial charge in [-0.15, -0.1) is 0 Å². The lowest BCUT2D eigenvalue weighted by atomic mass is 9.95. The van der Waals surface area contributed by atoms with Gasteiger partial charge in [-0.1, -0.05) is 15.9 Å². The third-order valence-electron chi connectivity index (χ3n) is 3.36. The van der Waals surface area contributed by atoms with Crippen LogP contribution in [0.25, 0.3) is 0 Å². The molecular weight excluding hydrogens is 314 g/mol. The predicted molar refractivity (Wildman–Crippen MR) is 73.8 cm³/mol. The maximum absolute atomic E-state index is 11.0. The number of rotatable bonds is 4. The first kappa shape index (κ1) is 14.4. The summed E-state index contributed by atoms with van der Waals surface area (Å²) in [6, 6.07) is 4.97. The van der Waals surface area contributed by atoms with E-state index < -0.39 is 4.92 Å². The number of hydrogen-bond donors (Lipinski definition) is 1. The molecule has 1 N–H and O–H groups in total. The third-order valence-corrected chi connectivity index (χ3v) is 3.86. The van der Waals surface area contributed by atoms with Gasteiger partial charge >= 0.3 is 0 Å². The maximum Gasteiger partial charge on any atom is 0.276 e. The van der Waals surface area contributed by atoms with Crippen LogP contribution >= 0.6 is 15.9 Å². The lowest BCUT2D eigenvalue weighted by Gasteiger charge is -2.25. The second kappa shape index (κ2) is 6.45. The van der Waals surface area contributed by atoms with Crippen molar-refractivity contribution in [1.82, 2.24) is 0 Å². The van der Waals surface area contributed by atoms with E-state index in [4.69, 9.17) is 4.74 Å². The molecule has 6 heteroatoms. The van der Waals surface area contributed by atoms with Crippen molar-refractivity contribution in [2.45, 2.75) is 44.5 Å². The van der Waals surface area contributed by atoms with Gasteiger partial charge in [0.15, 0.2) is 0 Å². The van der Waals surface area contributed by atoms with Gasteiger partial charge in [0, 0.05) is 10.5 Å². The first-order chi connectivity index (χ1) is 9.06. The summed E-state index contributed by atoms with van der Waals surface area (Å²) in [4.78, 5) is 10.6. The Morgan fingerprint density at radius 1 is 1.37 bits per heavy atom. The smallest absolute Gasteiger partial charge is 0.276 e. The van der Waals surface area contributed by atoms with Crippen molar-refractivity contribution in [3.63, 3.8) is 0 Å². The van der Waals surface area contributed by atoms with E-state index in [9.17, 15) is 15.2 Å². The first-order valence-electron chi connectivity index (χ1n) is 6.28. The Hall–Kier alpha value is -0.980. The van der Waals surface area contributed by atoms with Gasteiger partial charge in [0.05, 0.1) is 29.3 Å². The molecule has 5 nitrogen and oxygen atoms in total. The molecular formula is C13H16BrNO4. The number of nitro groups is 1. The lowest BCUT2D eigenvalue weighted by Crippen LogP contribution is -2.24. The number of aliphatic hydroxyl groups excluding tert-OH is 1. The van der Waals surface area contributed by atoms with Crippen LogP contribution in [0.15, 0.2) is 22.7 Å². The summed E-state index contributed by atoms with van der Waals surface area (Å²) in [6.45, 7) is 0.240. The summed E-state index contributed by atoms with van der Waals surface area (Å²) >= 11 is 3.23. The monoisotopic (exact) mass is 329 g/mol. The normalized spacial score (nSPS) is 23.3. The number of aliphatic hydroxyl groups is 1. The molecule has 0 radical (unpaired) electrons. The molecule has 0 saturated heterocycles. The molecule has 0 atom stereocenters. The van der Waals surface area contributed by atoms with Gasteiger partial charge in [0.25, 0.3) is 5.69 Å². The van der Waals surface area contributed by atoms with Crippen molar-refractivity contribution in [3.05, 3.63) is 38.3 Å². The van der Waals surface area contributed by atoms with Crippen LogP contribution < -0.4 is 0 Å². The highest BCUT2D eigenvalue weighted by Gasteiger charge is 2.21. The van der Waals surface area contributed by atoms with Gasteiger partial charge in [-0.05, 0) is 37.8 Å². The molecule has 0 aromatic heterocycles. The summed E-state index contributed by atoms with van der Waals surface area (Å²) in [5.41, 5.74) is 0.657. The van der Waals surface area contributed by atoms with E-state index in [1.807, 2.05) is 0 Å². The second-order valence-electron chi connectivity index (χ2n) is 4.77. The van der Waals surface area contributed by atoms with Crippen molar-refractivity contribution in [2.75, 3.05) is 0 Å². The van der Waals surface area contributed by atoms with Gasteiger partial charge < -0.3 is 9.84 Å². The van der Waals surface area contributed by atoms with E-state index in [2.05, 4.69) is 15.9 Å². The molecule has 1 aliphatic rings. The predicted octanol–water partition coefficient (Wildman–Crippen LogP) is 3.18. The average molecular weight is 330 g/mol. The molecule has 0 amide bonds. The topological polar surface area (TPSA) is 72.6 Å². The summed E-state index contributed by atoms with van der Waals surface area (Å²) < 4.78 is 6.40. The fraction of sp³-hybridized carbons (Fsp3) is 0.538. The number of nitro benzene ring substituents is 1. The average Bonchev–Trinajstić information content (AvgIpc) is 2.39. The summed E-state index contributed by atoms with van der Waals surface area (Å²) in [5.74, 6) is 0. The third kappa shape index (κ3) is 3.99. The molecule has 1 aliphatic carbocycles. The fourth-order valence-corrected chi connectivity index (χ4v) is 2.60. The summed E-state index contributed by atoms with van der Waals surface area (Å²) in [6.07, 6.45) is 2.98. The van der Waals surface area contributed by atoms with Crippen LogP contribution in [0.1, 0.15) is 31.2 Å². The number of hydrogen-bond acceptors (Lipinski definition) is 4. The highest BCUT2D eigenvalue weighted by molar-refractivity contribution is 9.10. The summed E-state index contributed by atoms with van der Waals surface area (Å²) in [5, 5.41) is 20.4. The fourth-order valence-electron chi connectivity index (χ4n) is 2.25. The molecule has 1 aromatic carbocycles. The van der Waals surface area contributed by atoms with Crippen LogP contribution in [-0.2, 0) is 11.3 Å². The van der Waals surface area contributed by atoms with E-state index >= 15 is 0 Å². The maximum atomic E-state index is 11.0. The molecule has 0 aliphatic heterocycles. The first-order valence-corrected chi connectivity index (χ1v) is 7.08. The highest BCUT2D eigenvalue weighted by Crippen LogP contribution is 2.27. The van der Waals surface area contributed by atoms with Crippen LogP contribution in [0.5, 0.6) is 0 Å². The van der Waals surface area contributed by atoms with Crippen molar-refractivity contribution >= 4 is 21.6 Å². The van der Waals surface area contributed by atoms with Crippen LogP contribution in [0.4, 0.5) is 5.69 Å². The van der Waals surface area contributed by atoms with Crippen molar-refractivity contribution in [1.29, 1.82) is 0 Å². The van der Waals surface area contributed by atoms with E-state index in [0.29, 0.717) is 10.0 Å². The molecule has 1 saturated carbocycles. The molecule has 0 bridgehead atoms. The zero-order valence-electron chi connectivity index (χ0n) is 10.4. The Morgan fingerprint density at radius 3 is 2.68 bits per heavy atom. The minimum Gasteiger partial charge on any atom is -0.393 e. The number of nitrogens with zero attached hydrogens (tertiary/aromatic N) is 1. The minimum absolute atomic E-state index is 0.0743. The second-order valence-corrected chi connectivity index (χ2v) is 5.69. The largest absolute Gasteiger partial charge is 0.393 e. The van der Waals surface area contributed by atoms with E-state index in [-0.39, 0.29) is 24.5 Å². The number of halogens is 1. The Morgan fingerprint density at radius 2 is 2.05 bits per heavy atom. The molecule has 0 spiro atoms. The van der Waals surface area contributed by atoms with Gasteiger partial charge in [0.2, 0.25) is 0 Å². The molecule has 1 aromatic rings. The van der Waals surface area contributed by atoms with E-state index in [1.54, 1.807) is 12.1 Å². The van der Waals surface area contributed by atoms with Gasteiger partial charge in [-0.2, -0.15) is 0 Å². The van der Waals surface area contributed by atoms with E-state index in [1.165, 1.54) is 6.07 Å². The van der Waals surface area contributed by atoms with Crippen LogP contribution in [0.2, 0.25) is 0 Å². The van der Waals surface area contributed by atoms with Crippen molar-refractivity contribution in [2.24, 2.45) is 0 Å². The Balaban J connectivity index is 1.97. The highest BCUT2D eigenvalue weighted by atomic mass is 79.9. The van der Waals surface area contributed by atoms with Crippen molar-refractivity contribution < 1.29 is 14.8 Å². The minimum atomic E-state index is -0.395. The molecule has 2 rings (SSSR count). The lowest BCUT2D eigenvalue weighted by molar-refractivity contribution is -0.386. The van der Waals surface area contributed by atoms with Gasteiger partial charge in [-0.25, -0.2) is 0 Å². The molecule has 19 heavy (non-hydrogen) atoms. The van der Waals surface area contributed by atoms with Crippen LogP contribution in [0.3, 0.4) is 0 Å².